The predicted octanol–water partition coefficient (Wildman–Crippen LogP) is 3.20. The van der Waals surface area contributed by atoms with Crippen LogP contribution in [0, 0.1) is 0 Å². The van der Waals surface area contributed by atoms with Crippen LogP contribution in [0.3, 0.4) is 0 Å². The van der Waals surface area contributed by atoms with Crippen molar-refractivity contribution in [1.29, 1.82) is 0 Å². The van der Waals surface area contributed by atoms with Gasteiger partial charge in [-0.3, -0.25) is 4.68 Å². The van der Waals surface area contributed by atoms with Crippen LogP contribution in [0.15, 0.2) is 29.4 Å². The van der Waals surface area contributed by atoms with Crippen LogP contribution in [0.2, 0.25) is 15.1 Å². The fourth-order valence-corrected chi connectivity index (χ4v) is 3.90. The number of nitrogens with zero attached hydrogens (tertiary/aromatic N) is 3. The second kappa shape index (κ2) is 6.14. The van der Waals surface area contributed by atoms with E-state index in [1.807, 2.05) is 0 Å². The molecule has 0 unspecified atom stereocenters. The molecule has 0 radical (unpaired) electrons. The van der Waals surface area contributed by atoms with Gasteiger partial charge in [-0.1, -0.05) is 34.8 Å². The lowest BCUT2D eigenvalue weighted by Crippen LogP contribution is -2.26. The number of sulfonamides is 1. The van der Waals surface area contributed by atoms with Gasteiger partial charge in [0, 0.05) is 32.4 Å². The van der Waals surface area contributed by atoms with Gasteiger partial charge in [-0.05, 0) is 12.1 Å². The highest BCUT2D eigenvalue weighted by Crippen LogP contribution is 2.33. The van der Waals surface area contributed by atoms with Crippen molar-refractivity contribution in [2.24, 2.45) is 7.05 Å². The summed E-state index contributed by atoms with van der Waals surface area (Å²) in [6, 6.07) is 2.57. The van der Waals surface area contributed by atoms with Gasteiger partial charge in [0.1, 0.15) is 4.90 Å². The SMILES string of the molecule is CN(Cc1cnn(C)c1)S(=O)(=O)c1cc(Cl)c(Cl)cc1Cl. The van der Waals surface area contributed by atoms with E-state index in [1.54, 1.807) is 24.1 Å². The number of halogens is 3. The smallest absolute Gasteiger partial charge is 0.244 e. The summed E-state index contributed by atoms with van der Waals surface area (Å²) in [5, 5.41) is 4.37. The Morgan fingerprint density at radius 3 is 2.38 bits per heavy atom. The Hall–Kier alpha value is -0.790. The Morgan fingerprint density at radius 1 is 1.19 bits per heavy atom. The highest BCUT2D eigenvalue weighted by atomic mass is 35.5. The van der Waals surface area contributed by atoms with E-state index >= 15 is 0 Å². The highest BCUT2D eigenvalue weighted by molar-refractivity contribution is 7.89. The molecule has 0 amide bonds. The first-order chi connectivity index (χ1) is 9.71. The molecule has 0 saturated heterocycles. The fraction of sp³-hybridized carbons (Fsp3) is 0.250. The molecule has 0 atom stereocenters. The zero-order valence-electron chi connectivity index (χ0n) is 11.2. The monoisotopic (exact) mass is 367 g/mol. The molecule has 0 aliphatic rings. The van der Waals surface area contributed by atoms with Gasteiger partial charge in [0.25, 0.3) is 0 Å². The van der Waals surface area contributed by atoms with E-state index in [1.165, 1.54) is 23.5 Å². The minimum absolute atomic E-state index is 0.0300. The third kappa shape index (κ3) is 3.52. The molecule has 1 aromatic heterocycles. The van der Waals surface area contributed by atoms with Crippen LogP contribution in [0.5, 0.6) is 0 Å². The van der Waals surface area contributed by atoms with E-state index in [-0.39, 0.29) is 26.5 Å². The molecule has 0 aliphatic carbocycles. The van der Waals surface area contributed by atoms with Crippen molar-refractivity contribution in [2.75, 3.05) is 7.05 Å². The van der Waals surface area contributed by atoms with Crippen molar-refractivity contribution in [3.8, 4) is 0 Å². The standard InChI is InChI=1S/C12H12Cl3N3O2S/c1-17-6-8(5-16-17)7-18(2)21(19,20)12-4-10(14)9(13)3-11(12)15/h3-6H,7H2,1-2H3. The van der Waals surface area contributed by atoms with E-state index in [0.29, 0.717) is 0 Å². The molecule has 0 saturated carbocycles. The van der Waals surface area contributed by atoms with Crippen molar-refractivity contribution >= 4 is 44.8 Å². The lowest BCUT2D eigenvalue weighted by Gasteiger charge is -2.17. The maximum absolute atomic E-state index is 12.5. The van der Waals surface area contributed by atoms with E-state index in [4.69, 9.17) is 34.8 Å². The average Bonchev–Trinajstić information content (AvgIpc) is 2.79. The van der Waals surface area contributed by atoms with Gasteiger partial charge < -0.3 is 0 Å². The summed E-state index contributed by atoms with van der Waals surface area (Å²) in [5.74, 6) is 0. The maximum Gasteiger partial charge on any atom is 0.244 e. The number of hydrogen-bond acceptors (Lipinski definition) is 3. The molecule has 2 rings (SSSR count). The Balaban J connectivity index is 2.35. The summed E-state index contributed by atoms with van der Waals surface area (Å²) in [6.07, 6.45) is 3.34. The Bertz CT molecular complexity index is 774. The van der Waals surface area contributed by atoms with Gasteiger partial charge in [-0.15, -0.1) is 0 Å². The molecule has 5 nitrogen and oxygen atoms in total. The van der Waals surface area contributed by atoms with Crippen molar-refractivity contribution < 1.29 is 8.42 Å². The molecular weight excluding hydrogens is 357 g/mol. The molecule has 9 heteroatoms. The van der Waals surface area contributed by atoms with Crippen LogP contribution >= 0.6 is 34.8 Å². The fourth-order valence-electron chi connectivity index (χ4n) is 1.77. The number of aryl methyl sites for hydroxylation is 1. The van der Waals surface area contributed by atoms with Crippen molar-refractivity contribution in [2.45, 2.75) is 11.4 Å². The molecular formula is C12H12Cl3N3O2S. The van der Waals surface area contributed by atoms with Crippen LogP contribution in [0.25, 0.3) is 0 Å². The summed E-state index contributed by atoms with van der Waals surface area (Å²) in [4.78, 5) is -0.0787. The van der Waals surface area contributed by atoms with E-state index < -0.39 is 10.0 Å². The molecule has 0 aliphatic heterocycles. The molecule has 21 heavy (non-hydrogen) atoms. The van der Waals surface area contributed by atoms with Gasteiger partial charge in [0.15, 0.2) is 0 Å². The predicted molar refractivity (Wildman–Crippen MR) is 83.3 cm³/mol. The minimum Gasteiger partial charge on any atom is -0.275 e. The zero-order valence-corrected chi connectivity index (χ0v) is 14.3. The van der Waals surface area contributed by atoms with Gasteiger partial charge in [0.2, 0.25) is 10.0 Å². The number of benzene rings is 1. The third-order valence-corrected chi connectivity index (χ3v) is 5.82. The van der Waals surface area contributed by atoms with Crippen molar-refractivity contribution in [1.82, 2.24) is 14.1 Å². The number of aromatic nitrogens is 2. The summed E-state index contributed by atoms with van der Waals surface area (Å²) in [7, 11) is -0.559. The first-order valence-electron chi connectivity index (χ1n) is 5.80. The first kappa shape index (κ1) is 16.6. The zero-order chi connectivity index (χ0) is 15.8. The van der Waals surface area contributed by atoms with Gasteiger partial charge in [-0.25, -0.2) is 8.42 Å². The van der Waals surface area contributed by atoms with Crippen LogP contribution in [0.4, 0.5) is 0 Å². The maximum atomic E-state index is 12.5. The van der Waals surface area contributed by atoms with Crippen LogP contribution in [0.1, 0.15) is 5.56 Å². The second-order valence-electron chi connectivity index (χ2n) is 4.48. The molecule has 0 spiro atoms. The molecule has 1 aromatic carbocycles. The van der Waals surface area contributed by atoms with E-state index in [2.05, 4.69) is 5.10 Å². The van der Waals surface area contributed by atoms with E-state index in [9.17, 15) is 8.42 Å². The minimum atomic E-state index is -3.78. The second-order valence-corrected chi connectivity index (χ2v) is 7.71. The van der Waals surface area contributed by atoms with Crippen molar-refractivity contribution in [3.05, 3.63) is 45.2 Å². The number of hydrogen-bond donors (Lipinski definition) is 0. The Kier molecular flexibility index (Phi) is 4.85. The number of rotatable bonds is 4. The normalized spacial score (nSPS) is 12.1. The molecule has 0 fully saturated rings. The van der Waals surface area contributed by atoms with Crippen LogP contribution < -0.4 is 0 Å². The largest absolute Gasteiger partial charge is 0.275 e. The average molecular weight is 369 g/mol. The van der Waals surface area contributed by atoms with Crippen molar-refractivity contribution in [3.63, 3.8) is 0 Å². The molecule has 2 aromatic rings. The summed E-state index contributed by atoms with van der Waals surface area (Å²) < 4.78 is 27.9. The first-order valence-corrected chi connectivity index (χ1v) is 8.37. The quantitative estimate of drug-likeness (QED) is 0.779. The molecule has 1 heterocycles. The van der Waals surface area contributed by atoms with E-state index in [0.717, 1.165) is 5.56 Å². The summed E-state index contributed by atoms with van der Waals surface area (Å²) in [6.45, 7) is 0.173. The van der Waals surface area contributed by atoms with Gasteiger partial charge in [0.05, 0.1) is 21.3 Å². The molecule has 0 bridgehead atoms. The van der Waals surface area contributed by atoms with Gasteiger partial charge in [-0.2, -0.15) is 9.40 Å². The topological polar surface area (TPSA) is 55.2 Å². The summed E-state index contributed by atoms with van der Waals surface area (Å²) >= 11 is 17.7. The molecule has 0 N–H and O–H groups in total. The van der Waals surface area contributed by atoms with Crippen LogP contribution in [-0.2, 0) is 23.6 Å². The van der Waals surface area contributed by atoms with Gasteiger partial charge >= 0.3 is 0 Å². The highest BCUT2D eigenvalue weighted by Gasteiger charge is 2.25. The van der Waals surface area contributed by atoms with Crippen LogP contribution in [-0.4, -0.2) is 29.6 Å². The summed E-state index contributed by atoms with van der Waals surface area (Å²) in [5.41, 5.74) is 0.764. The lowest BCUT2D eigenvalue weighted by molar-refractivity contribution is 0.466. The lowest BCUT2D eigenvalue weighted by atomic mass is 10.4. The Morgan fingerprint density at radius 2 is 1.81 bits per heavy atom. The Labute approximate surface area is 138 Å². The third-order valence-electron chi connectivity index (χ3n) is 2.83. The molecule has 114 valence electrons.